The molecule has 0 heterocycles. The molecule has 0 bridgehead atoms. The van der Waals surface area contributed by atoms with E-state index >= 15 is 0 Å². The summed E-state index contributed by atoms with van der Waals surface area (Å²) in [6.07, 6.45) is 3.28. The summed E-state index contributed by atoms with van der Waals surface area (Å²) in [4.78, 5) is 0. The highest BCUT2D eigenvalue weighted by atomic mass is 35.5. The summed E-state index contributed by atoms with van der Waals surface area (Å²) in [5.41, 5.74) is 0. The van der Waals surface area contributed by atoms with E-state index in [9.17, 15) is 0 Å². The second-order valence-electron chi connectivity index (χ2n) is 2.46. The van der Waals surface area contributed by atoms with Gasteiger partial charge in [0.2, 0.25) is 0 Å². The summed E-state index contributed by atoms with van der Waals surface area (Å²) in [5.74, 6) is 0. The molecule has 10 heavy (non-hydrogen) atoms. The molecule has 0 amide bonds. The number of halogens is 1. The average Bonchev–Trinajstić information content (AvgIpc) is 1.89. The van der Waals surface area contributed by atoms with Gasteiger partial charge in [0.05, 0.1) is 12.0 Å². The molecule has 0 fully saturated rings. The Hall–Kier alpha value is 0.250. The summed E-state index contributed by atoms with van der Waals surface area (Å²) < 4.78 is 5.27. The van der Waals surface area contributed by atoms with Crippen molar-refractivity contribution in [2.45, 2.75) is 38.5 Å². The van der Waals surface area contributed by atoms with Crippen molar-refractivity contribution >= 4 is 11.6 Å². The third-order valence-corrected chi connectivity index (χ3v) is 1.59. The molecule has 0 saturated heterocycles. The highest BCUT2D eigenvalue weighted by molar-refractivity contribution is 6.20. The minimum Gasteiger partial charge on any atom is -0.380 e. The number of hydrogen-bond donors (Lipinski definition) is 0. The fourth-order valence-electron chi connectivity index (χ4n) is 0.752. The summed E-state index contributed by atoms with van der Waals surface area (Å²) in [5, 5.41) is 0.219. The molecule has 0 aromatic rings. The van der Waals surface area contributed by atoms with Crippen molar-refractivity contribution in [2.24, 2.45) is 0 Å². The van der Waals surface area contributed by atoms with Crippen LogP contribution in [0.4, 0.5) is 0 Å². The van der Waals surface area contributed by atoms with Crippen LogP contribution in [0.3, 0.4) is 0 Å². The highest BCUT2D eigenvalue weighted by Crippen LogP contribution is 2.04. The standard InChI is InChI=1S/C8H17ClO/c1-3-5-8(9)7-10-6-4-2/h8H,3-7H2,1-2H3. The molecule has 1 unspecified atom stereocenters. The zero-order valence-electron chi connectivity index (χ0n) is 6.90. The smallest absolute Gasteiger partial charge is 0.0630 e. The molecular formula is C8H17ClO. The lowest BCUT2D eigenvalue weighted by Crippen LogP contribution is -2.08. The maximum atomic E-state index is 5.89. The lowest BCUT2D eigenvalue weighted by molar-refractivity contribution is 0.133. The Kier molecular flexibility index (Phi) is 7.54. The van der Waals surface area contributed by atoms with Gasteiger partial charge in [0.25, 0.3) is 0 Å². The first-order valence-electron chi connectivity index (χ1n) is 4.03. The molecule has 0 aliphatic rings. The molecule has 1 nitrogen and oxygen atoms in total. The fraction of sp³-hybridized carbons (Fsp3) is 1.00. The molecule has 2 heteroatoms. The van der Waals surface area contributed by atoms with E-state index in [0.29, 0.717) is 6.61 Å². The predicted molar refractivity (Wildman–Crippen MR) is 45.7 cm³/mol. The van der Waals surface area contributed by atoms with Crippen LogP contribution in [0, 0.1) is 0 Å². The van der Waals surface area contributed by atoms with Crippen LogP contribution in [0.25, 0.3) is 0 Å². The topological polar surface area (TPSA) is 9.23 Å². The van der Waals surface area contributed by atoms with Gasteiger partial charge in [0, 0.05) is 6.61 Å². The third-order valence-electron chi connectivity index (χ3n) is 1.25. The first-order chi connectivity index (χ1) is 4.81. The molecule has 0 radical (unpaired) electrons. The summed E-state index contributed by atoms with van der Waals surface area (Å²) in [6.45, 7) is 5.79. The van der Waals surface area contributed by atoms with Crippen LogP contribution in [0.1, 0.15) is 33.1 Å². The van der Waals surface area contributed by atoms with Crippen LogP contribution >= 0.6 is 11.6 Å². The van der Waals surface area contributed by atoms with Gasteiger partial charge in [0.15, 0.2) is 0 Å². The van der Waals surface area contributed by atoms with Gasteiger partial charge in [-0.1, -0.05) is 20.3 Å². The van der Waals surface area contributed by atoms with Crippen LogP contribution in [0.2, 0.25) is 0 Å². The van der Waals surface area contributed by atoms with E-state index in [1.54, 1.807) is 0 Å². The van der Waals surface area contributed by atoms with Crippen molar-refractivity contribution < 1.29 is 4.74 Å². The number of ether oxygens (including phenoxy) is 1. The SMILES string of the molecule is CCCOCC(Cl)CCC. The van der Waals surface area contributed by atoms with Crippen LogP contribution < -0.4 is 0 Å². The molecule has 62 valence electrons. The summed E-state index contributed by atoms with van der Waals surface area (Å²) >= 11 is 5.89. The molecular weight excluding hydrogens is 148 g/mol. The lowest BCUT2D eigenvalue weighted by atomic mass is 10.2. The van der Waals surface area contributed by atoms with Gasteiger partial charge in [-0.2, -0.15) is 0 Å². The quantitative estimate of drug-likeness (QED) is 0.434. The van der Waals surface area contributed by atoms with Crippen molar-refractivity contribution in [1.29, 1.82) is 0 Å². The Bertz CT molecular complexity index is 66.3. The Morgan fingerprint density at radius 3 is 2.50 bits per heavy atom. The Morgan fingerprint density at radius 2 is 2.00 bits per heavy atom. The molecule has 0 aromatic heterocycles. The summed E-state index contributed by atoms with van der Waals surface area (Å²) in [6, 6.07) is 0. The van der Waals surface area contributed by atoms with Crippen LogP contribution in [-0.4, -0.2) is 18.6 Å². The minimum absolute atomic E-state index is 0.219. The van der Waals surface area contributed by atoms with Crippen LogP contribution in [0.15, 0.2) is 0 Å². The van der Waals surface area contributed by atoms with Gasteiger partial charge in [-0.15, -0.1) is 11.6 Å². The molecule has 0 rings (SSSR count). The predicted octanol–water partition coefficient (Wildman–Crippen LogP) is 2.82. The van der Waals surface area contributed by atoms with Gasteiger partial charge in [0.1, 0.15) is 0 Å². The maximum absolute atomic E-state index is 5.89. The highest BCUT2D eigenvalue weighted by Gasteiger charge is 2.01. The van der Waals surface area contributed by atoms with Crippen molar-refractivity contribution in [3.63, 3.8) is 0 Å². The van der Waals surface area contributed by atoms with E-state index in [-0.39, 0.29) is 5.38 Å². The van der Waals surface area contributed by atoms with E-state index in [1.165, 1.54) is 0 Å². The van der Waals surface area contributed by atoms with Gasteiger partial charge >= 0.3 is 0 Å². The zero-order chi connectivity index (χ0) is 7.82. The fourth-order valence-corrected chi connectivity index (χ4v) is 1.06. The molecule has 0 saturated carbocycles. The van der Waals surface area contributed by atoms with Crippen molar-refractivity contribution in [2.75, 3.05) is 13.2 Å². The average molecular weight is 165 g/mol. The second kappa shape index (κ2) is 7.36. The number of alkyl halides is 1. The first-order valence-corrected chi connectivity index (χ1v) is 4.46. The third kappa shape index (κ3) is 6.37. The Balaban J connectivity index is 2.97. The molecule has 0 spiro atoms. The molecule has 1 atom stereocenters. The number of hydrogen-bond acceptors (Lipinski definition) is 1. The Morgan fingerprint density at radius 1 is 1.30 bits per heavy atom. The van der Waals surface area contributed by atoms with Gasteiger partial charge in [-0.05, 0) is 12.8 Å². The largest absolute Gasteiger partial charge is 0.380 e. The second-order valence-corrected chi connectivity index (χ2v) is 3.08. The normalized spacial score (nSPS) is 13.5. The lowest BCUT2D eigenvalue weighted by Gasteiger charge is -2.07. The van der Waals surface area contributed by atoms with Crippen molar-refractivity contribution in [3.8, 4) is 0 Å². The van der Waals surface area contributed by atoms with E-state index in [1.807, 2.05) is 0 Å². The minimum atomic E-state index is 0.219. The monoisotopic (exact) mass is 164 g/mol. The summed E-state index contributed by atoms with van der Waals surface area (Å²) in [7, 11) is 0. The van der Waals surface area contributed by atoms with Crippen molar-refractivity contribution in [3.05, 3.63) is 0 Å². The van der Waals surface area contributed by atoms with Crippen LogP contribution in [0.5, 0.6) is 0 Å². The molecule has 0 aliphatic carbocycles. The number of rotatable bonds is 6. The zero-order valence-corrected chi connectivity index (χ0v) is 7.66. The van der Waals surface area contributed by atoms with E-state index < -0.39 is 0 Å². The maximum Gasteiger partial charge on any atom is 0.0630 e. The first kappa shape index (κ1) is 10.2. The van der Waals surface area contributed by atoms with E-state index in [4.69, 9.17) is 16.3 Å². The van der Waals surface area contributed by atoms with Gasteiger partial charge in [-0.3, -0.25) is 0 Å². The molecule has 0 N–H and O–H groups in total. The van der Waals surface area contributed by atoms with Gasteiger partial charge in [-0.25, -0.2) is 0 Å². The van der Waals surface area contributed by atoms with Crippen LogP contribution in [-0.2, 0) is 4.74 Å². The van der Waals surface area contributed by atoms with E-state index in [0.717, 1.165) is 25.9 Å². The molecule has 0 aliphatic heterocycles. The Labute approximate surface area is 68.7 Å². The van der Waals surface area contributed by atoms with Gasteiger partial charge < -0.3 is 4.74 Å². The van der Waals surface area contributed by atoms with E-state index in [2.05, 4.69) is 13.8 Å². The molecule has 0 aromatic carbocycles. The van der Waals surface area contributed by atoms with Crippen molar-refractivity contribution in [1.82, 2.24) is 0 Å².